The first-order valence-corrected chi connectivity index (χ1v) is 10.1. The molecule has 164 valence electrons. The molecule has 0 aromatic heterocycles. The van der Waals surface area contributed by atoms with Crippen LogP contribution in [0.15, 0.2) is 30.3 Å². The van der Waals surface area contributed by atoms with E-state index in [4.69, 9.17) is 11.1 Å². The van der Waals surface area contributed by atoms with Crippen molar-refractivity contribution in [2.45, 2.75) is 50.2 Å². The van der Waals surface area contributed by atoms with Crippen molar-refractivity contribution in [3.8, 4) is 0 Å². The first-order valence-electron chi connectivity index (χ1n) is 10.1. The molecule has 0 radical (unpaired) electrons. The van der Waals surface area contributed by atoms with Gasteiger partial charge >= 0.3 is 5.97 Å². The molecule has 1 saturated heterocycles. The van der Waals surface area contributed by atoms with Gasteiger partial charge in [0, 0.05) is 13.0 Å². The van der Waals surface area contributed by atoms with Gasteiger partial charge in [0.2, 0.25) is 11.8 Å². The van der Waals surface area contributed by atoms with E-state index in [1.54, 1.807) is 0 Å². The normalized spacial score (nSPS) is 17.5. The number of benzene rings is 1. The average molecular weight is 418 g/mol. The molecule has 1 heterocycles. The zero-order valence-corrected chi connectivity index (χ0v) is 16.8. The van der Waals surface area contributed by atoms with Crippen LogP contribution in [0.1, 0.15) is 31.2 Å². The van der Waals surface area contributed by atoms with Gasteiger partial charge in [-0.05, 0) is 37.8 Å². The van der Waals surface area contributed by atoms with Gasteiger partial charge in [-0.3, -0.25) is 15.0 Å². The van der Waals surface area contributed by atoms with Crippen LogP contribution >= 0.6 is 0 Å². The summed E-state index contributed by atoms with van der Waals surface area (Å²) < 4.78 is 0. The lowest BCUT2D eigenvalue weighted by atomic mass is 10.0. The molecule has 3 atom stereocenters. The maximum atomic E-state index is 12.9. The Kier molecular flexibility index (Phi) is 9.07. The monoisotopic (exact) mass is 418 g/mol. The smallest absolute Gasteiger partial charge is 0.326 e. The Morgan fingerprint density at radius 3 is 2.53 bits per heavy atom. The quantitative estimate of drug-likeness (QED) is 0.141. The van der Waals surface area contributed by atoms with Crippen LogP contribution in [0.4, 0.5) is 0 Å². The van der Waals surface area contributed by atoms with E-state index in [1.165, 1.54) is 0 Å². The van der Waals surface area contributed by atoms with E-state index in [0.29, 0.717) is 19.4 Å². The number of carbonyl (C=O) groups is 3. The Morgan fingerprint density at radius 1 is 1.20 bits per heavy atom. The van der Waals surface area contributed by atoms with E-state index in [2.05, 4.69) is 21.3 Å². The second kappa shape index (κ2) is 11.8. The molecule has 1 aliphatic heterocycles. The van der Waals surface area contributed by atoms with Crippen molar-refractivity contribution in [1.29, 1.82) is 5.41 Å². The molecule has 10 nitrogen and oxygen atoms in total. The Hall–Kier alpha value is -3.14. The molecule has 1 fully saturated rings. The SMILES string of the molecule is N=C(N)NCCC[C@H](NC(=O)[C@H](Cc1ccccc1)NC(=O)[C@H]1CCCN1)C(=O)O. The highest BCUT2D eigenvalue weighted by molar-refractivity contribution is 5.92. The summed E-state index contributed by atoms with van der Waals surface area (Å²) >= 11 is 0. The van der Waals surface area contributed by atoms with Crippen LogP contribution in [0, 0.1) is 5.41 Å². The third-order valence-corrected chi connectivity index (χ3v) is 4.89. The van der Waals surface area contributed by atoms with Crippen LogP contribution in [0.2, 0.25) is 0 Å². The van der Waals surface area contributed by atoms with Crippen molar-refractivity contribution >= 4 is 23.7 Å². The van der Waals surface area contributed by atoms with E-state index in [-0.39, 0.29) is 30.8 Å². The van der Waals surface area contributed by atoms with Gasteiger partial charge in [0.05, 0.1) is 6.04 Å². The van der Waals surface area contributed by atoms with Crippen molar-refractivity contribution in [2.24, 2.45) is 5.73 Å². The zero-order chi connectivity index (χ0) is 21.9. The van der Waals surface area contributed by atoms with Crippen LogP contribution in [0.5, 0.6) is 0 Å². The molecule has 0 spiro atoms. The molecule has 0 aliphatic carbocycles. The van der Waals surface area contributed by atoms with Crippen LogP contribution < -0.4 is 27.0 Å². The fraction of sp³-hybridized carbons (Fsp3) is 0.500. The number of nitrogens with one attached hydrogen (secondary N) is 5. The van der Waals surface area contributed by atoms with Crippen molar-refractivity contribution in [3.63, 3.8) is 0 Å². The first-order chi connectivity index (χ1) is 14.4. The predicted octanol–water partition coefficient (Wildman–Crippen LogP) is -0.701. The van der Waals surface area contributed by atoms with Gasteiger partial charge in [-0.25, -0.2) is 4.79 Å². The van der Waals surface area contributed by atoms with Gasteiger partial charge < -0.3 is 32.1 Å². The van der Waals surface area contributed by atoms with Gasteiger partial charge in [-0.2, -0.15) is 0 Å². The zero-order valence-electron chi connectivity index (χ0n) is 16.8. The molecular weight excluding hydrogens is 388 g/mol. The van der Waals surface area contributed by atoms with Crippen LogP contribution in [0.3, 0.4) is 0 Å². The summed E-state index contributed by atoms with van der Waals surface area (Å²) in [5, 5.41) is 27.6. The Morgan fingerprint density at radius 2 is 1.93 bits per heavy atom. The standard InChI is InChI=1S/C20H30N6O4/c21-20(22)24-11-5-9-15(19(29)30)25-18(28)16(12-13-6-2-1-3-7-13)26-17(27)14-8-4-10-23-14/h1-3,6-7,14-16,23H,4-5,8-12H2,(H,25,28)(H,26,27)(H,29,30)(H4,21,22,24)/t14-,15+,16+/m1/s1. The summed E-state index contributed by atoms with van der Waals surface area (Å²) in [7, 11) is 0. The summed E-state index contributed by atoms with van der Waals surface area (Å²) in [5.41, 5.74) is 6.06. The highest BCUT2D eigenvalue weighted by Gasteiger charge is 2.29. The molecule has 8 N–H and O–H groups in total. The molecule has 30 heavy (non-hydrogen) atoms. The highest BCUT2D eigenvalue weighted by atomic mass is 16.4. The molecule has 10 heteroatoms. The number of carbonyl (C=O) groups excluding carboxylic acids is 2. The number of carboxylic acid groups (broad SMARTS) is 1. The third-order valence-electron chi connectivity index (χ3n) is 4.89. The number of nitrogens with two attached hydrogens (primary N) is 1. The topological polar surface area (TPSA) is 169 Å². The lowest BCUT2D eigenvalue weighted by Crippen LogP contribution is -2.55. The number of hydrogen-bond donors (Lipinski definition) is 7. The van der Waals surface area contributed by atoms with Crippen LogP contribution in [-0.2, 0) is 20.8 Å². The molecule has 0 saturated carbocycles. The Bertz CT molecular complexity index is 736. The van der Waals surface area contributed by atoms with E-state index in [1.807, 2.05) is 30.3 Å². The molecule has 1 aliphatic rings. The second-order valence-corrected chi connectivity index (χ2v) is 7.28. The minimum Gasteiger partial charge on any atom is -0.480 e. The number of aliphatic carboxylic acids is 1. The van der Waals surface area contributed by atoms with Crippen molar-refractivity contribution in [1.82, 2.24) is 21.3 Å². The number of guanidine groups is 1. The number of amides is 2. The fourth-order valence-electron chi connectivity index (χ4n) is 3.30. The van der Waals surface area contributed by atoms with Gasteiger partial charge in [-0.1, -0.05) is 30.3 Å². The van der Waals surface area contributed by atoms with Gasteiger partial charge in [0.1, 0.15) is 12.1 Å². The molecule has 0 unspecified atom stereocenters. The van der Waals surface area contributed by atoms with E-state index >= 15 is 0 Å². The van der Waals surface area contributed by atoms with Gasteiger partial charge in [0.15, 0.2) is 5.96 Å². The largest absolute Gasteiger partial charge is 0.480 e. The van der Waals surface area contributed by atoms with Crippen molar-refractivity contribution in [3.05, 3.63) is 35.9 Å². The molecule has 2 amide bonds. The Labute approximate surface area is 175 Å². The van der Waals surface area contributed by atoms with E-state index in [9.17, 15) is 19.5 Å². The predicted molar refractivity (Wildman–Crippen MR) is 112 cm³/mol. The van der Waals surface area contributed by atoms with E-state index in [0.717, 1.165) is 18.5 Å². The van der Waals surface area contributed by atoms with Crippen LogP contribution in [-0.4, -0.2) is 60.1 Å². The second-order valence-electron chi connectivity index (χ2n) is 7.28. The molecule has 1 aromatic carbocycles. The maximum absolute atomic E-state index is 12.9. The minimum absolute atomic E-state index is 0.164. The highest BCUT2D eigenvalue weighted by Crippen LogP contribution is 2.08. The van der Waals surface area contributed by atoms with Crippen molar-refractivity contribution in [2.75, 3.05) is 13.1 Å². The summed E-state index contributed by atoms with van der Waals surface area (Å²) in [6.07, 6.45) is 2.41. The summed E-state index contributed by atoms with van der Waals surface area (Å²) in [5.74, 6) is -2.16. The first kappa shape index (κ1) is 23.1. The summed E-state index contributed by atoms with van der Waals surface area (Å²) in [6.45, 7) is 1.08. The number of carboxylic acids is 1. The fourth-order valence-corrected chi connectivity index (χ4v) is 3.30. The van der Waals surface area contributed by atoms with Crippen molar-refractivity contribution < 1.29 is 19.5 Å². The summed E-state index contributed by atoms with van der Waals surface area (Å²) in [4.78, 5) is 37.0. The number of rotatable bonds is 11. The number of hydrogen-bond acceptors (Lipinski definition) is 5. The Balaban J connectivity index is 2.02. The van der Waals surface area contributed by atoms with E-state index < -0.39 is 24.0 Å². The lowest BCUT2D eigenvalue weighted by Gasteiger charge is -2.23. The molecule has 2 rings (SSSR count). The minimum atomic E-state index is -1.16. The lowest BCUT2D eigenvalue weighted by molar-refractivity contribution is -0.142. The maximum Gasteiger partial charge on any atom is 0.326 e. The molecular formula is C20H30N6O4. The third kappa shape index (κ3) is 7.70. The molecule has 0 bridgehead atoms. The van der Waals surface area contributed by atoms with Gasteiger partial charge in [0.25, 0.3) is 0 Å². The van der Waals surface area contributed by atoms with Crippen LogP contribution in [0.25, 0.3) is 0 Å². The average Bonchev–Trinajstić information content (AvgIpc) is 3.25. The van der Waals surface area contributed by atoms with Gasteiger partial charge in [-0.15, -0.1) is 0 Å². The molecule has 1 aromatic rings. The summed E-state index contributed by atoms with van der Waals surface area (Å²) in [6, 6.07) is 6.90.